The minimum absolute atomic E-state index is 0.0133. The Morgan fingerprint density at radius 1 is 1.60 bits per heavy atom. The van der Waals surface area contributed by atoms with Crippen molar-refractivity contribution in [1.82, 2.24) is 14.9 Å². The SMILES string of the molecule is COC(=O)C1=C(Nc2c(Cl)cc3[nH]cnc3c2F)C(=O)N(CCO)C1. The van der Waals surface area contributed by atoms with E-state index in [1.165, 1.54) is 24.4 Å². The number of aromatic nitrogens is 2. The van der Waals surface area contributed by atoms with E-state index in [-0.39, 0.29) is 47.2 Å². The zero-order chi connectivity index (χ0) is 18.1. The van der Waals surface area contributed by atoms with Crippen molar-refractivity contribution in [2.75, 3.05) is 32.1 Å². The quantitative estimate of drug-likeness (QED) is 0.680. The normalized spacial score (nSPS) is 14.6. The van der Waals surface area contributed by atoms with Gasteiger partial charge in [-0.3, -0.25) is 4.79 Å². The van der Waals surface area contributed by atoms with Gasteiger partial charge in [-0.15, -0.1) is 0 Å². The molecule has 0 unspecified atom stereocenters. The highest BCUT2D eigenvalue weighted by molar-refractivity contribution is 6.34. The highest BCUT2D eigenvalue weighted by Crippen LogP contribution is 2.33. The second kappa shape index (κ2) is 6.69. The lowest BCUT2D eigenvalue weighted by atomic mass is 10.2. The largest absolute Gasteiger partial charge is 0.466 e. The first-order valence-electron chi connectivity index (χ1n) is 7.27. The van der Waals surface area contributed by atoms with Crippen molar-refractivity contribution in [2.45, 2.75) is 0 Å². The Balaban J connectivity index is 2.04. The van der Waals surface area contributed by atoms with E-state index in [0.29, 0.717) is 5.52 Å². The summed E-state index contributed by atoms with van der Waals surface area (Å²) >= 11 is 6.10. The molecule has 0 fully saturated rings. The predicted octanol–water partition coefficient (Wildman–Crippen LogP) is 1.03. The van der Waals surface area contributed by atoms with E-state index < -0.39 is 17.7 Å². The van der Waals surface area contributed by atoms with Crippen molar-refractivity contribution in [3.05, 3.63) is 34.5 Å². The zero-order valence-electron chi connectivity index (χ0n) is 13.1. The lowest BCUT2D eigenvalue weighted by Gasteiger charge is -2.15. The van der Waals surface area contributed by atoms with Crippen LogP contribution in [0.25, 0.3) is 11.0 Å². The molecule has 2 aromatic rings. The van der Waals surface area contributed by atoms with E-state index in [0.717, 1.165) is 0 Å². The topological polar surface area (TPSA) is 108 Å². The number of carbonyl (C=O) groups is 2. The summed E-state index contributed by atoms with van der Waals surface area (Å²) in [5.41, 5.74) is 0.158. The molecule has 25 heavy (non-hydrogen) atoms. The number of hydrogen-bond acceptors (Lipinski definition) is 6. The van der Waals surface area contributed by atoms with Crippen molar-refractivity contribution in [3.8, 4) is 0 Å². The minimum atomic E-state index is -0.756. The Hall–Kier alpha value is -2.65. The van der Waals surface area contributed by atoms with Crippen LogP contribution < -0.4 is 5.32 Å². The molecule has 2 heterocycles. The maximum atomic E-state index is 14.7. The van der Waals surface area contributed by atoms with E-state index in [1.807, 2.05) is 0 Å². The van der Waals surface area contributed by atoms with Crippen LogP contribution in [0.5, 0.6) is 0 Å². The van der Waals surface area contributed by atoms with Gasteiger partial charge in [-0.1, -0.05) is 11.6 Å². The van der Waals surface area contributed by atoms with Crippen molar-refractivity contribution in [2.24, 2.45) is 0 Å². The van der Waals surface area contributed by atoms with Crippen LogP contribution in [0.3, 0.4) is 0 Å². The molecule has 3 N–H and O–H groups in total. The fraction of sp³-hybridized carbons (Fsp3) is 0.267. The summed E-state index contributed by atoms with van der Waals surface area (Å²) in [5, 5.41) is 11.7. The fourth-order valence-electron chi connectivity index (χ4n) is 2.60. The summed E-state index contributed by atoms with van der Waals surface area (Å²) in [6, 6.07) is 1.46. The lowest BCUT2D eigenvalue weighted by molar-refractivity contribution is -0.136. The number of benzene rings is 1. The Bertz CT molecular complexity index is 895. The molecule has 3 rings (SSSR count). The molecule has 1 aliphatic rings. The maximum Gasteiger partial charge on any atom is 0.337 e. The summed E-state index contributed by atoms with van der Waals surface area (Å²) in [5.74, 6) is -2.05. The van der Waals surface area contributed by atoms with E-state index in [9.17, 15) is 14.0 Å². The van der Waals surface area contributed by atoms with Gasteiger partial charge in [0, 0.05) is 6.54 Å². The number of H-pyrrole nitrogens is 1. The number of aliphatic hydroxyl groups excluding tert-OH is 1. The van der Waals surface area contributed by atoms with Crippen LogP contribution in [0, 0.1) is 5.82 Å². The fourth-order valence-corrected chi connectivity index (χ4v) is 2.84. The number of aromatic amines is 1. The number of β-amino-alcohol motifs (C(OH)–C–C–N with tert-alkyl or cyclic N) is 1. The second-order valence-corrected chi connectivity index (χ2v) is 5.67. The van der Waals surface area contributed by atoms with E-state index >= 15 is 0 Å². The molecular formula is C15H14ClFN4O4. The Morgan fingerprint density at radius 3 is 3.04 bits per heavy atom. The number of amides is 1. The molecule has 0 atom stereocenters. The summed E-state index contributed by atoms with van der Waals surface area (Å²) < 4.78 is 19.3. The van der Waals surface area contributed by atoms with E-state index in [1.54, 1.807) is 0 Å². The number of nitrogens with one attached hydrogen (secondary N) is 2. The molecule has 0 bridgehead atoms. The summed E-state index contributed by atoms with van der Waals surface area (Å²) in [6.07, 6.45) is 1.32. The molecule has 1 aromatic carbocycles. The van der Waals surface area contributed by atoms with Crippen LogP contribution in [-0.2, 0) is 14.3 Å². The second-order valence-electron chi connectivity index (χ2n) is 5.27. The number of anilines is 1. The molecule has 10 heteroatoms. The number of methoxy groups -OCH3 is 1. The molecule has 1 aliphatic heterocycles. The molecule has 0 saturated heterocycles. The third kappa shape index (κ3) is 2.92. The predicted molar refractivity (Wildman–Crippen MR) is 87.4 cm³/mol. The highest BCUT2D eigenvalue weighted by Gasteiger charge is 2.35. The Labute approximate surface area is 146 Å². The van der Waals surface area contributed by atoms with Gasteiger partial charge in [0.15, 0.2) is 5.82 Å². The number of fused-ring (bicyclic) bond motifs is 1. The number of imidazole rings is 1. The molecule has 1 aromatic heterocycles. The van der Waals surface area contributed by atoms with Crippen LogP contribution in [0.2, 0.25) is 5.02 Å². The standard InChI is InChI=1S/C15H14ClFN4O4/c1-25-15(24)7-5-21(2-3-22)14(23)11(7)20-12-8(16)4-9-13(10(12)17)19-6-18-9/h4,6,20,22H,2-3,5H2,1H3,(H,18,19). The van der Waals surface area contributed by atoms with Crippen molar-refractivity contribution in [3.63, 3.8) is 0 Å². The number of halogens is 2. The Morgan fingerprint density at radius 2 is 2.36 bits per heavy atom. The van der Waals surface area contributed by atoms with Gasteiger partial charge < -0.3 is 25.0 Å². The van der Waals surface area contributed by atoms with Crippen LogP contribution in [0.4, 0.5) is 10.1 Å². The molecule has 8 nitrogen and oxygen atoms in total. The number of nitrogens with zero attached hydrogens (tertiary/aromatic N) is 2. The van der Waals surface area contributed by atoms with Crippen LogP contribution in [0.1, 0.15) is 0 Å². The number of hydrogen-bond donors (Lipinski definition) is 3. The number of ether oxygens (including phenoxy) is 1. The lowest BCUT2D eigenvalue weighted by Crippen LogP contribution is -2.31. The summed E-state index contributed by atoms with van der Waals surface area (Å²) in [7, 11) is 1.18. The van der Waals surface area contributed by atoms with Crippen LogP contribution in [-0.4, -0.2) is 58.7 Å². The van der Waals surface area contributed by atoms with Crippen molar-refractivity contribution >= 4 is 40.2 Å². The maximum absolute atomic E-state index is 14.7. The highest BCUT2D eigenvalue weighted by atomic mass is 35.5. The zero-order valence-corrected chi connectivity index (χ0v) is 13.9. The van der Waals surface area contributed by atoms with Gasteiger partial charge in [0.25, 0.3) is 5.91 Å². The van der Waals surface area contributed by atoms with Crippen molar-refractivity contribution in [1.29, 1.82) is 0 Å². The van der Waals surface area contributed by atoms with Crippen LogP contribution in [0.15, 0.2) is 23.7 Å². The minimum Gasteiger partial charge on any atom is -0.466 e. The first-order valence-corrected chi connectivity index (χ1v) is 7.65. The Kier molecular flexibility index (Phi) is 4.60. The van der Waals surface area contributed by atoms with Gasteiger partial charge in [-0.2, -0.15) is 0 Å². The summed E-state index contributed by atoms with van der Waals surface area (Å²) in [6.45, 7) is -0.306. The number of esters is 1. The van der Waals surface area contributed by atoms with E-state index in [2.05, 4.69) is 20.0 Å². The van der Waals surface area contributed by atoms with Gasteiger partial charge in [-0.05, 0) is 6.07 Å². The molecule has 0 radical (unpaired) electrons. The molecule has 132 valence electrons. The smallest absolute Gasteiger partial charge is 0.337 e. The van der Waals surface area contributed by atoms with Gasteiger partial charge in [0.2, 0.25) is 0 Å². The van der Waals surface area contributed by atoms with Gasteiger partial charge >= 0.3 is 5.97 Å². The monoisotopic (exact) mass is 368 g/mol. The van der Waals surface area contributed by atoms with E-state index in [4.69, 9.17) is 16.7 Å². The summed E-state index contributed by atoms with van der Waals surface area (Å²) in [4.78, 5) is 32.3. The first kappa shape index (κ1) is 17.2. The number of carbonyl (C=O) groups excluding carboxylic acids is 2. The molecular weight excluding hydrogens is 355 g/mol. The van der Waals surface area contributed by atoms with Gasteiger partial charge in [0.05, 0.1) is 48.4 Å². The van der Waals surface area contributed by atoms with Crippen molar-refractivity contribution < 1.29 is 23.8 Å². The molecule has 0 spiro atoms. The average molecular weight is 369 g/mol. The number of rotatable bonds is 5. The van der Waals surface area contributed by atoms with Crippen LogP contribution >= 0.6 is 11.6 Å². The molecule has 0 aliphatic carbocycles. The van der Waals surface area contributed by atoms with Gasteiger partial charge in [-0.25, -0.2) is 14.2 Å². The first-order chi connectivity index (χ1) is 12.0. The van der Waals surface area contributed by atoms with Gasteiger partial charge in [0.1, 0.15) is 11.2 Å². The third-order valence-corrected chi connectivity index (χ3v) is 4.11. The third-order valence-electron chi connectivity index (χ3n) is 3.81. The number of aliphatic hydroxyl groups is 1. The molecule has 0 saturated carbocycles. The molecule has 1 amide bonds. The average Bonchev–Trinajstić information content (AvgIpc) is 3.17.